The van der Waals surface area contributed by atoms with Gasteiger partial charge in [0.15, 0.2) is 10.8 Å². The van der Waals surface area contributed by atoms with Crippen LogP contribution in [-0.2, 0) is 24.0 Å². The minimum Gasteiger partial charge on any atom is -0.478 e. The third kappa shape index (κ3) is 6.07. The Labute approximate surface area is 214 Å². The van der Waals surface area contributed by atoms with Crippen LogP contribution in [0.3, 0.4) is 0 Å². The first-order chi connectivity index (χ1) is 17.4. The van der Waals surface area contributed by atoms with Gasteiger partial charge in [-0.2, -0.15) is 0 Å². The van der Waals surface area contributed by atoms with E-state index in [1.807, 2.05) is 0 Å². The van der Waals surface area contributed by atoms with Gasteiger partial charge in [-0.1, -0.05) is 5.16 Å². The molecule has 37 heavy (non-hydrogen) atoms. The Morgan fingerprint density at radius 2 is 2.05 bits per heavy atom. The van der Waals surface area contributed by atoms with Crippen molar-refractivity contribution in [1.29, 1.82) is 0 Å². The van der Waals surface area contributed by atoms with Gasteiger partial charge in [0.25, 0.3) is 5.91 Å². The number of β-lactam (4-membered cyclic amide) rings is 1. The number of hydrogen-bond acceptors (Lipinski definition) is 10. The molecule has 2 atom stereocenters. The largest absolute Gasteiger partial charge is 0.478 e. The van der Waals surface area contributed by atoms with E-state index in [1.165, 1.54) is 10.3 Å². The van der Waals surface area contributed by atoms with E-state index in [0.29, 0.717) is 13.1 Å². The number of carbonyl (C=O) groups excluding carboxylic acids is 4. The third-order valence-electron chi connectivity index (χ3n) is 5.64. The highest BCUT2D eigenvalue weighted by molar-refractivity contribution is 7.14. The van der Waals surface area contributed by atoms with Gasteiger partial charge in [-0.25, -0.2) is 19.4 Å². The standard InChI is InChI=1S/C21H27N7O8S/c1-20(2,3)35-19(34)26-17-24-11(9-37-17)13(27-36-21(4-5-21)16(31)32)15(30)25-12-10(23-14(12)29)8-28-7-6-22-18(28)33/h9-10,12H,4-8H2,1-3H3,(H,22,33)(H,23,29)(H,25,30)(H,31,32)(H,24,26,34)/b27-13-/t10-,12+/m1/s1. The zero-order valence-corrected chi connectivity index (χ0v) is 21.1. The number of carboxylic acids is 1. The molecule has 200 valence electrons. The number of anilines is 1. The van der Waals surface area contributed by atoms with Crippen molar-refractivity contribution in [3.63, 3.8) is 0 Å². The van der Waals surface area contributed by atoms with Crippen LogP contribution < -0.4 is 21.3 Å². The van der Waals surface area contributed by atoms with E-state index >= 15 is 0 Å². The number of thiazole rings is 1. The molecular formula is C21H27N7O8S. The van der Waals surface area contributed by atoms with Crippen molar-refractivity contribution in [1.82, 2.24) is 25.8 Å². The number of nitrogens with zero attached hydrogens (tertiary/aromatic N) is 3. The van der Waals surface area contributed by atoms with Gasteiger partial charge in [0.2, 0.25) is 11.5 Å². The number of nitrogens with one attached hydrogen (secondary N) is 4. The van der Waals surface area contributed by atoms with Crippen LogP contribution in [0, 0.1) is 0 Å². The van der Waals surface area contributed by atoms with Crippen molar-refractivity contribution in [3.05, 3.63) is 11.1 Å². The van der Waals surface area contributed by atoms with Crippen molar-refractivity contribution in [2.24, 2.45) is 5.16 Å². The number of oxime groups is 1. The molecule has 0 radical (unpaired) electrons. The molecule has 1 saturated carbocycles. The van der Waals surface area contributed by atoms with E-state index in [1.54, 1.807) is 20.8 Å². The maximum atomic E-state index is 13.2. The Morgan fingerprint density at radius 3 is 2.62 bits per heavy atom. The second-order valence-corrected chi connectivity index (χ2v) is 10.6. The third-order valence-corrected chi connectivity index (χ3v) is 6.39. The molecule has 16 heteroatoms. The Kier molecular flexibility index (Phi) is 6.94. The molecule has 5 amide bonds. The summed E-state index contributed by atoms with van der Waals surface area (Å²) in [5.74, 6) is -2.51. The number of aromatic nitrogens is 1. The van der Waals surface area contributed by atoms with Gasteiger partial charge in [-0.05, 0) is 20.8 Å². The predicted octanol–water partition coefficient (Wildman–Crippen LogP) is -0.164. The highest BCUT2D eigenvalue weighted by Crippen LogP contribution is 2.40. The molecule has 0 unspecified atom stereocenters. The molecule has 3 aliphatic rings. The van der Waals surface area contributed by atoms with Gasteiger partial charge in [0.1, 0.15) is 17.3 Å². The molecule has 2 saturated heterocycles. The summed E-state index contributed by atoms with van der Waals surface area (Å²) in [7, 11) is 0. The summed E-state index contributed by atoms with van der Waals surface area (Å²) in [6, 6.07) is -1.76. The van der Waals surface area contributed by atoms with E-state index in [2.05, 4.69) is 31.4 Å². The Morgan fingerprint density at radius 1 is 1.32 bits per heavy atom. The first kappa shape index (κ1) is 26.1. The number of aliphatic carboxylic acids is 1. The lowest BCUT2D eigenvalue weighted by Gasteiger charge is -2.38. The maximum absolute atomic E-state index is 13.2. The van der Waals surface area contributed by atoms with Crippen molar-refractivity contribution >= 4 is 52.1 Å². The van der Waals surface area contributed by atoms with Crippen LogP contribution in [-0.4, -0.2) is 93.5 Å². The van der Waals surface area contributed by atoms with Crippen LogP contribution in [0.2, 0.25) is 0 Å². The van der Waals surface area contributed by atoms with Gasteiger partial charge in [-0.15, -0.1) is 11.3 Å². The summed E-state index contributed by atoms with van der Waals surface area (Å²) in [5.41, 5.74) is -2.66. The highest BCUT2D eigenvalue weighted by Gasteiger charge is 2.55. The number of urea groups is 1. The summed E-state index contributed by atoms with van der Waals surface area (Å²) in [6.07, 6.45) is -0.321. The lowest BCUT2D eigenvalue weighted by atomic mass is 9.98. The van der Waals surface area contributed by atoms with Crippen molar-refractivity contribution < 1.29 is 38.7 Å². The monoisotopic (exact) mass is 537 g/mol. The molecular weight excluding hydrogens is 510 g/mol. The lowest BCUT2D eigenvalue weighted by molar-refractivity contribution is -0.153. The van der Waals surface area contributed by atoms with Gasteiger partial charge in [0.05, 0.1) is 6.04 Å². The van der Waals surface area contributed by atoms with Gasteiger partial charge in [0, 0.05) is 37.9 Å². The van der Waals surface area contributed by atoms with Crippen LogP contribution in [0.4, 0.5) is 14.7 Å². The van der Waals surface area contributed by atoms with Gasteiger partial charge >= 0.3 is 18.1 Å². The molecule has 4 rings (SSSR count). The number of hydrogen-bond donors (Lipinski definition) is 5. The molecule has 0 bridgehead atoms. The molecule has 0 spiro atoms. The second kappa shape index (κ2) is 9.84. The fourth-order valence-electron chi connectivity index (χ4n) is 3.52. The van der Waals surface area contributed by atoms with Crippen LogP contribution in [0.5, 0.6) is 0 Å². The van der Waals surface area contributed by atoms with Crippen LogP contribution in [0.15, 0.2) is 10.5 Å². The number of carbonyl (C=O) groups is 5. The molecule has 1 aliphatic carbocycles. The molecule has 3 heterocycles. The van der Waals surface area contributed by atoms with E-state index < -0.39 is 47.2 Å². The van der Waals surface area contributed by atoms with E-state index in [9.17, 15) is 29.1 Å². The van der Waals surface area contributed by atoms with Crippen molar-refractivity contribution in [2.75, 3.05) is 25.0 Å². The first-order valence-electron chi connectivity index (χ1n) is 11.5. The molecule has 0 aromatic carbocycles. The number of ether oxygens (including phenoxy) is 1. The highest BCUT2D eigenvalue weighted by atomic mass is 32.1. The Balaban J connectivity index is 1.49. The second-order valence-electron chi connectivity index (χ2n) is 9.74. The fraction of sp³-hybridized carbons (Fsp3) is 0.571. The molecule has 1 aromatic rings. The molecule has 2 aliphatic heterocycles. The lowest BCUT2D eigenvalue weighted by Crippen LogP contribution is -2.72. The zero-order chi connectivity index (χ0) is 27.0. The number of amides is 5. The number of rotatable bonds is 9. The molecule has 1 aromatic heterocycles. The molecule has 3 fully saturated rings. The predicted molar refractivity (Wildman–Crippen MR) is 128 cm³/mol. The van der Waals surface area contributed by atoms with Gasteiger partial charge < -0.3 is 35.5 Å². The summed E-state index contributed by atoms with van der Waals surface area (Å²) in [4.78, 5) is 71.7. The van der Waals surface area contributed by atoms with E-state index in [0.717, 1.165) is 11.3 Å². The minimum atomic E-state index is -1.53. The van der Waals surface area contributed by atoms with Crippen molar-refractivity contribution in [3.8, 4) is 0 Å². The minimum absolute atomic E-state index is 0.00931. The Bertz CT molecular complexity index is 1160. The van der Waals surface area contributed by atoms with E-state index in [-0.39, 0.29) is 42.0 Å². The van der Waals surface area contributed by atoms with E-state index in [4.69, 9.17) is 9.57 Å². The Hall–Kier alpha value is -3.95. The van der Waals surface area contributed by atoms with Crippen molar-refractivity contribution in [2.45, 2.75) is 56.9 Å². The fourth-order valence-corrected chi connectivity index (χ4v) is 4.20. The van der Waals surface area contributed by atoms with Crippen LogP contribution >= 0.6 is 11.3 Å². The number of carboxylic acid groups (broad SMARTS) is 1. The van der Waals surface area contributed by atoms with Gasteiger partial charge in [-0.3, -0.25) is 14.9 Å². The summed E-state index contributed by atoms with van der Waals surface area (Å²) < 4.78 is 5.19. The first-order valence-corrected chi connectivity index (χ1v) is 12.3. The smallest absolute Gasteiger partial charge is 0.413 e. The molecule has 5 N–H and O–H groups in total. The average molecular weight is 538 g/mol. The molecule has 15 nitrogen and oxygen atoms in total. The average Bonchev–Trinajstić information content (AvgIpc) is 3.29. The van der Waals surface area contributed by atoms with Crippen LogP contribution in [0.1, 0.15) is 39.3 Å². The zero-order valence-electron chi connectivity index (χ0n) is 20.3. The van der Waals surface area contributed by atoms with Crippen LogP contribution in [0.25, 0.3) is 0 Å². The normalized spacial score (nSPS) is 22.4. The summed E-state index contributed by atoms with van der Waals surface area (Å²) in [6.45, 7) is 6.23. The maximum Gasteiger partial charge on any atom is 0.413 e. The SMILES string of the molecule is CC(C)(C)OC(=O)Nc1nc(/C(=N/OC2(C(=O)O)CC2)C(=O)N[C@@H]2C(=O)N[C@@H]2CN2CCNC2=O)cs1. The summed E-state index contributed by atoms with van der Waals surface area (Å²) >= 11 is 0.980. The summed E-state index contributed by atoms with van der Waals surface area (Å²) in [5, 5.41) is 25.0. The topological polar surface area (TPSA) is 201 Å². The quantitative estimate of drug-likeness (QED) is 0.161.